The lowest BCUT2D eigenvalue weighted by atomic mass is 9.98. The van der Waals surface area contributed by atoms with Gasteiger partial charge in [0.1, 0.15) is 0 Å². The van der Waals surface area contributed by atoms with Crippen LogP contribution in [-0.2, 0) is 6.54 Å². The number of aryl methyl sites for hydroxylation is 1. The molecule has 2 fully saturated rings. The summed E-state index contributed by atoms with van der Waals surface area (Å²) in [5.74, 6) is 1.42. The summed E-state index contributed by atoms with van der Waals surface area (Å²) >= 11 is 0. The van der Waals surface area contributed by atoms with Gasteiger partial charge in [0.15, 0.2) is 0 Å². The lowest BCUT2D eigenvalue weighted by Gasteiger charge is -2.37. The van der Waals surface area contributed by atoms with E-state index in [0.29, 0.717) is 11.9 Å². The summed E-state index contributed by atoms with van der Waals surface area (Å²) in [6.45, 7) is 6.01. The van der Waals surface area contributed by atoms with Gasteiger partial charge < -0.3 is 9.73 Å². The lowest BCUT2D eigenvalue weighted by Crippen LogP contribution is -2.48. The molecule has 0 saturated carbocycles. The monoisotopic (exact) mass is 264 g/mol. The van der Waals surface area contributed by atoms with Crippen LogP contribution in [0.15, 0.2) is 4.42 Å². The highest BCUT2D eigenvalue weighted by Gasteiger charge is 2.36. The van der Waals surface area contributed by atoms with Crippen LogP contribution in [0.3, 0.4) is 0 Å². The Morgan fingerprint density at radius 3 is 2.58 bits per heavy atom. The van der Waals surface area contributed by atoms with Crippen LogP contribution in [0.5, 0.6) is 0 Å². The Morgan fingerprint density at radius 1 is 1.26 bits per heavy atom. The standard InChI is InChI=1S/C14H24N4O/c1-3-6-18(9-14-17-16-10(2)19-14)13-7-11-4-5-12(8-13)15-11/h11-13,15H,3-9H2,1-2H3. The van der Waals surface area contributed by atoms with Crippen LogP contribution < -0.4 is 5.32 Å². The highest BCUT2D eigenvalue weighted by molar-refractivity contribution is 4.96. The number of hydrogen-bond donors (Lipinski definition) is 1. The molecule has 2 saturated heterocycles. The molecule has 5 nitrogen and oxygen atoms in total. The minimum absolute atomic E-state index is 0.664. The molecule has 0 aliphatic carbocycles. The fraction of sp³-hybridized carbons (Fsp3) is 0.857. The number of rotatable bonds is 5. The zero-order valence-electron chi connectivity index (χ0n) is 11.9. The molecule has 1 aromatic rings. The van der Waals surface area contributed by atoms with E-state index >= 15 is 0 Å². The van der Waals surface area contributed by atoms with Crippen molar-refractivity contribution in [1.29, 1.82) is 0 Å². The van der Waals surface area contributed by atoms with Crippen molar-refractivity contribution in [2.24, 2.45) is 0 Å². The molecule has 2 bridgehead atoms. The minimum atomic E-state index is 0.664. The van der Waals surface area contributed by atoms with Crippen molar-refractivity contribution < 1.29 is 4.42 Å². The van der Waals surface area contributed by atoms with E-state index in [4.69, 9.17) is 4.42 Å². The third kappa shape index (κ3) is 2.98. The molecule has 1 aromatic heterocycles. The SMILES string of the molecule is CCCN(Cc1nnc(C)o1)C1CC2CCC(C1)N2. The second kappa shape index (κ2) is 5.59. The normalized spacial score (nSPS) is 30.2. The number of nitrogens with one attached hydrogen (secondary N) is 1. The van der Waals surface area contributed by atoms with Crippen molar-refractivity contribution in [2.45, 2.75) is 70.6 Å². The van der Waals surface area contributed by atoms with Gasteiger partial charge in [0.25, 0.3) is 0 Å². The van der Waals surface area contributed by atoms with E-state index in [0.717, 1.165) is 31.1 Å². The van der Waals surface area contributed by atoms with Crippen LogP contribution in [0.25, 0.3) is 0 Å². The molecule has 3 heterocycles. The van der Waals surface area contributed by atoms with Crippen molar-refractivity contribution in [3.05, 3.63) is 11.8 Å². The molecule has 3 rings (SSSR count). The van der Waals surface area contributed by atoms with E-state index in [9.17, 15) is 0 Å². The third-order valence-corrected chi connectivity index (χ3v) is 4.38. The van der Waals surface area contributed by atoms with Gasteiger partial charge in [0.2, 0.25) is 11.8 Å². The van der Waals surface area contributed by atoms with E-state index in [-0.39, 0.29) is 0 Å². The molecule has 0 amide bonds. The lowest BCUT2D eigenvalue weighted by molar-refractivity contribution is 0.122. The largest absolute Gasteiger partial charge is 0.424 e. The first-order valence-corrected chi connectivity index (χ1v) is 7.53. The Kier molecular flexibility index (Phi) is 3.84. The van der Waals surface area contributed by atoms with E-state index in [1.807, 2.05) is 6.92 Å². The topological polar surface area (TPSA) is 54.2 Å². The molecular formula is C14H24N4O. The first kappa shape index (κ1) is 13.1. The van der Waals surface area contributed by atoms with Gasteiger partial charge in [0, 0.05) is 25.0 Å². The highest BCUT2D eigenvalue weighted by Crippen LogP contribution is 2.30. The van der Waals surface area contributed by atoms with Crippen molar-refractivity contribution in [1.82, 2.24) is 20.4 Å². The Morgan fingerprint density at radius 2 is 2.00 bits per heavy atom. The van der Waals surface area contributed by atoms with E-state index in [2.05, 4.69) is 27.3 Å². The maximum atomic E-state index is 5.54. The maximum Gasteiger partial charge on any atom is 0.230 e. The number of nitrogens with zero attached hydrogens (tertiary/aromatic N) is 3. The molecule has 19 heavy (non-hydrogen) atoms. The van der Waals surface area contributed by atoms with Crippen LogP contribution in [0.4, 0.5) is 0 Å². The number of aromatic nitrogens is 2. The number of fused-ring (bicyclic) bond motifs is 2. The molecule has 0 radical (unpaired) electrons. The molecule has 2 aliphatic rings. The first-order chi connectivity index (χ1) is 9.24. The molecule has 2 unspecified atom stereocenters. The minimum Gasteiger partial charge on any atom is -0.424 e. The second-order valence-electron chi connectivity index (χ2n) is 5.95. The Balaban J connectivity index is 1.66. The quantitative estimate of drug-likeness (QED) is 0.880. The van der Waals surface area contributed by atoms with Crippen LogP contribution >= 0.6 is 0 Å². The van der Waals surface area contributed by atoms with Gasteiger partial charge in [0.05, 0.1) is 6.54 Å². The van der Waals surface area contributed by atoms with Gasteiger partial charge >= 0.3 is 0 Å². The Hall–Kier alpha value is -0.940. The average Bonchev–Trinajstić information content (AvgIpc) is 2.95. The van der Waals surface area contributed by atoms with Gasteiger partial charge in [-0.15, -0.1) is 10.2 Å². The van der Waals surface area contributed by atoms with Crippen molar-refractivity contribution in [3.8, 4) is 0 Å². The Bertz CT molecular complexity index is 407. The Labute approximate surface area is 114 Å². The van der Waals surface area contributed by atoms with E-state index < -0.39 is 0 Å². The molecule has 106 valence electrons. The van der Waals surface area contributed by atoms with Crippen LogP contribution in [0.2, 0.25) is 0 Å². The molecule has 0 aromatic carbocycles. The van der Waals surface area contributed by atoms with Gasteiger partial charge in [-0.05, 0) is 38.6 Å². The van der Waals surface area contributed by atoms with Gasteiger partial charge in [-0.25, -0.2) is 0 Å². The maximum absolute atomic E-state index is 5.54. The molecule has 0 spiro atoms. The summed E-state index contributed by atoms with van der Waals surface area (Å²) in [4.78, 5) is 2.54. The third-order valence-electron chi connectivity index (χ3n) is 4.38. The summed E-state index contributed by atoms with van der Waals surface area (Å²) < 4.78 is 5.54. The predicted octanol–water partition coefficient (Wildman–Crippen LogP) is 1.87. The summed E-state index contributed by atoms with van der Waals surface area (Å²) in [5.41, 5.74) is 0. The first-order valence-electron chi connectivity index (χ1n) is 7.53. The zero-order valence-corrected chi connectivity index (χ0v) is 11.9. The molecule has 2 atom stereocenters. The van der Waals surface area contributed by atoms with Gasteiger partial charge in [-0.3, -0.25) is 4.90 Å². The van der Waals surface area contributed by atoms with Gasteiger partial charge in [-0.1, -0.05) is 6.92 Å². The van der Waals surface area contributed by atoms with Crippen LogP contribution in [0, 0.1) is 6.92 Å². The van der Waals surface area contributed by atoms with Crippen LogP contribution in [-0.4, -0.2) is 39.8 Å². The summed E-state index contributed by atoms with van der Waals surface area (Å²) in [6.07, 6.45) is 6.40. The summed E-state index contributed by atoms with van der Waals surface area (Å²) in [6, 6.07) is 2.13. The second-order valence-corrected chi connectivity index (χ2v) is 5.95. The zero-order chi connectivity index (χ0) is 13.2. The van der Waals surface area contributed by atoms with Crippen molar-refractivity contribution in [3.63, 3.8) is 0 Å². The smallest absolute Gasteiger partial charge is 0.230 e. The fourth-order valence-corrected chi connectivity index (χ4v) is 3.58. The number of hydrogen-bond acceptors (Lipinski definition) is 5. The van der Waals surface area contributed by atoms with E-state index in [1.165, 1.54) is 32.1 Å². The van der Waals surface area contributed by atoms with Crippen molar-refractivity contribution in [2.75, 3.05) is 6.54 Å². The predicted molar refractivity (Wildman–Crippen MR) is 72.7 cm³/mol. The van der Waals surface area contributed by atoms with E-state index in [1.54, 1.807) is 0 Å². The van der Waals surface area contributed by atoms with Gasteiger partial charge in [-0.2, -0.15) is 0 Å². The molecule has 1 N–H and O–H groups in total. The fourth-order valence-electron chi connectivity index (χ4n) is 3.58. The highest BCUT2D eigenvalue weighted by atomic mass is 16.4. The summed E-state index contributed by atoms with van der Waals surface area (Å²) in [7, 11) is 0. The number of piperidine rings is 1. The molecule has 5 heteroatoms. The van der Waals surface area contributed by atoms with Crippen LogP contribution in [0.1, 0.15) is 50.8 Å². The average molecular weight is 264 g/mol. The van der Waals surface area contributed by atoms with Crippen molar-refractivity contribution >= 4 is 0 Å². The molecule has 2 aliphatic heterocycles. The summed E-state index contributed by atoms with van der Waals surface area (Å²) in [5, 5.41) is 11.8. The molecular weight excluding hydrogens is 240 g/mol.